The molecule has 0 unspecified atom stereocenters. The van der Waals surface area contributed by atoms with Crippen LogP contribution in [0.5, 0.6) is 5.75 Å². The summed E-state index contributed by atoms with van der Waals surface area (Å²) in [6.45, 7) is 14.3. The van der Waals surface area contributed by atoms with E-state index in [1.807, 2.05) is 12.1 Å². The standard InChI is InChI=1S/C37H38N2O.CH3.4Y/c1-24(2)23-40-30-16-11-14-26-20-22-29-35(33(26)30)37(5,6)32(39(29)8)18-12-17-31-36(3,4)34-27-15-10-9-13-25(27)19-21-28(34)38(31)7;;;;;/h10,12-22,24H,7,23H2,1-6,8H3;1H3;;;;/q-2;-1;;;;/b17-12+,32-18+;;;;;. The summed E-state index contributed by atoms with van der Waals surface area (Å²) >= 11 is 0. The molecule has 224 valence electrons. The molecule has 0 amide bonds. The van der Waals surface area contributed by atoms with Crippen molar-refractivity contribution in [3.63, 3.8) is 0 Å². The maximum absolute atomic E-state index is 6.31. The third kappa shape index (κ3) is 7.63. The molecule has 6 rings (SSSR count). The zero-order valence-electron chi connectivity index (χ0n) is 28.0. The van der Waals surface area contributed by atoms with Crippen molar-refractivity contribution in [1.29, 1.82) is 0 Å². The average Bonchev–Trinajstić information content (AvgIpc) is 3.25. The maximum Gasteiger partial charge on any atom is 0.105 e. The normalized spacial score (nSPS) is 16.4. The summed E-state index contributed by atoms with van der Waals surface area (Å²) in [4.78, 5) is 2.33. The molecule has 45 heavy (non-hydrogen) atoms. The van der Waals surface area contributed by atoms with Crippen molar-refractivity contribution < 1.29 is 140 Å². The zero-order valence-corrected chi connectivity index (χ0v) is 39.4. The first-order chi connectivity index (χ1) is 19.0. The Balaban J connectivity index is 0.00000202. The number of likely N-dealkylation sites (N-methyl/N-ethyl adjacent to an activating group) is 1. The van der Waals surface area contributed by atoms with Crippen LogP contribution in [0.15, 0.2) is 78.5 Å². The summed E-state index contributed by atoms with van der Waals surface area (Å²) in [5.41, 5.74) is 7.07. The summed E-state index contributed by atoms with van der Waals surface area (Å²) in [6.07, 6.45) is 6.70. The van der Waals surface area contributed by atoms with Crippen molar-refractivity contribution in [2.45, 2.75) is 52.4 Å². The number of hydrogen-bond acceptors (Lipinski definition) is 2. The zero-order chi connectivity index (χ0) is 28.4. The van der Waals surface area contributed by atoms with Crippen molar-refractivity contribution in [3.8, 4) is 5.75 Å². The van der Waals surface area contributed by atoms with Crippen LogP contribution >= 0.6 is 0 Å². The summed E-state index contributed by atoms with van der Waals surface area (Å²) in [5, 5.41) is 4.83. The van der Waals surface area contributed by atoms with Gasteiger partial charge in [-0.15, -0.1) is 34.4 Å². The Morgan fingerprint density at radius 2 is 1.56 bits per heavy atom. The molecule has 0 bridgehead atoms. The molecule has 4 radical (unpaired) electrons. The van der Waals surface area contributed by atoms with E-state index in [9.17, 15) is 0 Å². The van der Waals surface area contributed by atoms with Crippen LogP contribution in [-0.2, 0) is 142 Å². The van der Waals surface area contributed by atoms with Crippen molar-refractivity contribution in [2.75, 3.05) is 18.6 Å². The molecule has 0 saturated carbocycles. The molecule has 2 heterocycles. The Morgan fingerprint density at radius 3 is 2.24 bits per heavy atom. The molecular weight excluding hydrogens is 856 g/mol. The van der Waals surface area contributed by atoms with Crippen LogP contribution in [0.2, 0.25) is 0 Å². The Labute approximate surface area is 372 Å². The Morgan fingerprint density at radius 1 is 0.889 bits per heavy atom. The van der Waals surface area contributed by atoms with Gasteiger partial charge in [-0.2, -0.15) is 36.4 Å². The van der Waals surface area contributed by atoms with E-state index < -0.39 is 0 Å². The van der Waals surface area contributed by atoms with Gasteiger partial charge in [-0.3, -0.25) is 0 Å². The average molecular weight is 897 g/mol. The first kappa shape index (κ1) is 43.5. The van der Waals surface area contributed by atoms with Crippen LogP contribution in [0.4, 0.5) is 11.4 Å². The molecule has 0 spiro atoms. The van der Waals surface area contributed by atoms with Crippen LogP contribution in [-0.4, -0.2) is 23.9 Å². The fraction of sp³-hybridized carbons (Fsp3) is 0.289. The summed E-state index contributed by atoms with van der Waals surface area (Å²) in [6, 6.07) is 25.6. The van der Waals surface area contributed by atoms with E-state index in [0.29, 0.717) is 12.5 Å². The molecule has 0 N–H and O–H groups in total. The van der Waals surface area contributed by atoms with Gasteiger partial charge >= 0.3 is 0 Å². The Bertz CT molecular complexity index is 1770. The second-order valence-electron chi connectivity index (χ2n) is 12.6. The van der Waals surface area contributed by atoms with Gasteiger partial charge in [0.2, 0.25) is 0 Å². The predicted molar refractivity (Wildman–Crippen MR) is 174 cm³/mol. The minimum absolute atomic E-state index is 0. The second-order valence-corrected chi connectivity index (χ2v) is 12.6. The van der Waals surface area contributed by atoms with E-state index >= 15 is 0 Å². The molecule has 2 aliphatic rings. The van der Waals surface area contributed by atoms with Crippen molar-refractivity contribution in [2.24, 2.45) is 5.92 Å². The summed E-state index contributed by atoms with van der Waals surface area (Å²) in [7, 11) is 6.62. The van der Waals surface area contributed by atoms with Gasteiger partial charge in [-0.25, -0.2) is 0 Å². The van der Waals surface area contributed by atoms with Gasteiger partial charge in [0.1, 0.15) is 5.69 Å². The summed E-state index contributed by atoms with van der Waals surface area (Å²) in [5.74, 6) is 1.37. The molecule has 4 aromatic rings. The van der Waals surface area contributed by atoms with Gasteiger partial charge in [0.05, 0.1) is 12.3 Å². The minimum Gasteiger partial charge on any atom is -0.550 e. The van der Waals surface area contributed by atoms with Crippen LogP contribution in [0, 0.1) is 32.5 Å². The molecule has 7 heteroatoms. The molecule has 3 nitrogen and oxygen atoms in total. The molecule has 0 saturated heterocycles. The molecular formula is C38H41N2OY4-3. The molecule has 4 aromatic carbocycles. The van der Waals surface area contributed by atoms with Gasteiger partial charge in [0.15, 0.2) is 0 Å². The molecule has 0 aromatic heterocycles. The van der Waals surface area contributed by atoms with E-state index in [1.165, 1.54) is 50.1 Å². The number of ether oxygens (including phenoxy) is 1. The predicted octanol–water partition coefficient (Wildman–Crippen LogP) is 9.10. The van der Waals surface area contributed by atoms with Crippen LogP contribution < -0.4 is 9.64 Å². The van der Waals surface area contributed by atoms with E-state index in [2.05, 4.69) is 138 Å². The Hall–Kier alpha value is 0.436. The van der Waals surface area contributed by atoms with Crippen LogP contribution in [0.3, 0.4) is 0 Å². The molecule has 0 fully saturated rings. The number of benzene rings is 4. The molecule has 2 aliphatic heterocycles. The minimum atomic E-state index is -0.207. The van der Waals surface area contributed by atoms with E-state index in [0.717, 1.165) is 11.1 Å². The molecule has 0 aliphatic carbocycles. The van der Waals surface area contributed by atoms with Gasteiger partial charge in [-0.05, 0) is 29.2 Å². The Kier molecular flexibility index (Phi) is 16.3. The topological polar surface area (TPSA) is 15.5 Å². The maximum atomic E-state index is 6.31. The van der Waals surface area contributed by atoms with Gasteiger partial charge in [-0.1, -0.05) is 65.1 Å². The smallest absolute Gasteiger partial charge is 0.105 e. The number of nitrogens with zero attached hydrogens (tertiary/aromatic N) is 2. The van der Waals surface area contributed by atoms with E-state index in [-0.39, 0.29) is 149 Å². The number of allylic oxidation sites excluding steroid dienone is 4. The van der Waals surface area contributed by atoms with Gasteiger partial charge in [0.25, 0.3) is 0 Å². The fourth-order valence-electron chi connectivity index (χ4n) is 6.76. The number of fused-ring (bicyclic) bond motifs is 6. The van der Waals surface area contributed by atoms with E-state index in [4.69, 9.17) is 4.74 Å². The first-order valence-corrected chi connectivity index (χ1v) is 14.2. The van der Waals surface area contributed by atoms with Crippen LogP contribution in [0.1, 0.15) is 52.7 Å². The fourth-order valence-corrected chi connectivity index (χ4v) is 6.76. The van der Waals surface area contributed by atoms with Crippen molar-refractivity contribution in [1.82, 2.24) is 0 Å². The second kappa shape index (κ2) is 16.9. The molecule has 0 atom stereocenters. The van der Waals surface area contributed by atoms with Gasteiger partial charge < -0.3 is 21.6 Å². The van der Waals surface area contributed by atoms with Crippen molar-refractivity contribution >= 4 is 38.6 Å². The van der Waals surface area contributed by atoms with Crippen molar-refractivity contribution in [3.05, 3.63) is 116 Å². The quantitative estimate of drug-likeness (QED) is 0.147. The first-order valence-electron chi connectivity index (χ1n) is 14.2. The summed E-state index contributed by atoms with van der Waals surface area (Å²) < 4.78 is 8.41. The van der Waals surface area contributed by atoms with Crippen LogP contribution in [0.25, 0.3) is 21.5 Å². The number of rotatable bonds is 5. The number of anilines is 1. The monoisotopic (exact) mass is 897 g/mol. The van der Waals surface area contributed by atoms with Gasteiger partial charge in [0, 0.05) is 173 Å². The largest absolute Gasteiger partial charge is 0.550 e. The number of hydrogen-bond donors (Lipinski definition) is 0. The SMILES string of the molecule is [CH2-][N+]1=C(/C=C/C=C2/N(C)c3ccc4c[c-]cc(OCC(C)C)c4c3C2(C)C)C(C)(C)c2c1ccc1c[c-]ccc21.[CH3-].[Y].[Y].[Y].[Y]. The van der Waals surface area contributed by atoms with E-state index in [1.54, 1.807) is 0 Å². The third-order valence-corrected chi connectivity index (χ3v) is 8.67. The third-order valence-electron chi connectivity index (χ3n) is 8.67.